The van der Waals surface area contributed by atoms with Crippen molar-refractivity contribution in [2.45, 2.75) is 26.3 Å². The first kappa shape index (κ1) is 13.6. The van der Waals surface area contributed by atoms with Crippen LogP contribution in [0.4, 0.5) is 5.69 Å². The molecule has 0 amide bonds. The first-order valence-corrected chi connectivity index (χ1v) is 6.05. The Morgan fingerprint density at radius 1 is 1.53 bits per heavy atom. The fourth-order valence-corrected chi connectivity index (χ4v) is 1.84. The van der Waals surface area contributed by atoms with Gasteiger partial charge in [-0.05, 0) is 28.8 Å². The van der Waals surface area contributed by atoms with Crippen LogP contribution in [0.3, 0.4) is 0 Å². The molecular formula is C11H13BrN2O3. The number of nitro groups is 1. The predicted molar refractivity (Wildman–Crippen MR) is 69.1 cm³/mol. The maximum Gasteiger partial charge on any atom is 0.335 e. The number of aryl methyl sites for hydroxylation is 1. The Labute approximate surface area is 107 Å². The minimum Gasteiger partial charge on any atom is -0.308 e. The van der Waals surface area contributed by atoms with E-state index < -0.39 is 16.2 Å². The van der Waals surface area contributed by atoms with Gasteiger partial charge in [-0.25, -0.2) is 0 Å². The van der Waals surface area contributed by atoms with Crippen molar-refractivity contribution in [3.8, 4) is 0 Å². The number of hydrogen-bond acceptors (Lipinski definition) is 3. The minimum atomic E-state index is -0.661. The molecule has 0 aliphatic heterocycles. The normalized spacial score (nSPS) is 10.9. The third kappa shape index (κ3) is 3.81. The molecule has 0 aromatic carbocycles. The Bertz CT molecular complexity index is 494. The summed E-state index contributed by atoms with van der Waals surface area (Å²) in [6, 6.07) is 1.22. The monoisotopic (exact) mass is 300 g/mol. The third-order valence-electron chi connectivity index (χ3n) is 2.17. The first-order valence-electron chi connectivity index (χ1n) is 5.25. The SMILES string of the molecule is CCC=CCCn1cc(Br)cc([N+](=O)[O-])c1=O. The van der Waals surface area contributed by atoms with Gasteiger partial charge in [-0.1, -0.05) is 19.1 Å². The molecule has 92 valence electrons. The average molecular weight is 301 g/mol. The van der Waals surface area contributed by atoms with E-state index in [9.17, 15) is 14.9 Å². The molecule has 1 heterocycles. The van der Waals surface area contributed by atoms with Gasteiger partial charge in [-0.15, -0.1) is 0 Å². The van der Waals surface area contributed by atoms with Crippen LogP contribution in [0.25, 0.3) is 0 Å². The van der Waals surface area contributed by atoms with Crippen molar-refractivity contribution in [3.05, 3.63) is 49.4 Å². The fraction of sp³-hybridized carbons (Fsp3) is 0.364. The van der Waals surface area contributed by atoms with E-state index in [0.29, 0.717) is 17.4 Å². The van der Waals surface area contributed by atoms with E-state index in [-0.39, 0.29) is 0 Å². The first-order chi connectivity index (χ1) is 8.06. The largest absolute Gasteiger partial charge is 0.335 e. The van der Waals surface area contributed by atoms with Crippen LogP contribution in [0.15, 0.2) is 33.7 Å². The molecule has 6 heteroatoms. The van der Waals surface area contributed by atoms with E-state index in [1.165, 1.54) is 10.6 Å². The zero-order valence-corrected chi connectivity index (χ0v) is 11.0. The lowest BCUT2D eigenvalue weighted by Crippen LogP contribution is -2.22. The quantitative estimate of drug-likeness (QED) is 0.477. The zero-order valence-electron chi connectivity index (χ0n) is 9.43. The summed E-state index contributed by atoms with van der Waals surface area (Å²) < 4.78 is 1.88. The Morgan fingerprint density at radius 2 is 2.24 bits per heavy atom. The van der Waals surface area contributed by atoms with Gasteiger partial charge in [-0.3, -0.25) is 14.9 Å². The van der Waals surface area contributed by atoms with Gasteiger partial charge in [0, 0.05) is 23.3 Å². The van der Waals surface area contributed by atoms with E-state index in [2.05, 4.69) is 15.9 Å². The molecule has 0 aliphatic rings. The molecule has 0 aliphatic carbocycles. The number of allylic oxidation sites excluding steroid dienone is 2. The Hall–Kier alpha value is -1.43. The molecule has 1 rings (SSSR count). The molecule has 5 nitrogen and oxygen atoms in total. The van der Waals surface area contributed by atoms with Crippen LogP contribution in [0, 0.1) is 10.1 Å². The highest BCUT2D eigenvalue weighted by Gasteiger charge is 2.15. The van der Waals surface area contributed by atoms with E-state index in [0.717, 1.165) is 6.42 Å². The second kappa shape index (κ2) is 6.34. The van der Waals surface area contributed by atoms with Crippen molar-refractivity contribution in [2.75, 3.05) is 0 Å². The number of nitrogens with zero attached hydrogens (tertiary/aromatic N) is 2. The molecule has 0 fully saturated rings. The lowest BCUT2D eigenvalue weighted by molar-refractivity contribution is -0.386. The predicted octanol–water partition coefficient (Wildman–Crippen LogP) is 2.88. The van der Waals surface area contributed by atoms with Crippen molar-refractivity contribution in [3.63, 3.8) is 0 Å². The van der Waals surface area contributed by atoms with Gasteiger partial charge in [-0.2, -0.15) is 0 Å². The Kier molecular flexibility index (Phi) is 5.09. The van der Waals surface area contributed by atoms with Gasteiger partial charge < -0.3 is 4.57 Å². The van der Waals surface area contributed by atoms with Crippen LogP contribution in [-0.2, 0) is 6.54 Å². The molecule has 0 spiro atoms. The van der Waals surface area contributed by atoms with Crippen LogP contribution >= 0.6 is 15.9 Å². The summed E-state index contributed by atoms with van der Waals surface area (Å²) in [6.45, 7) is 2.46. The molecule has 0 N–H and O–H groups in total. The topological polar surface area (TPSA) is 65.1 Å². The molecule has 0 saturated carbocycles. The summed E-state index contributed by atoms with van der Waals surface area (Å²) in [4.78, 5) is 21.7. The number of rotatable bonds is 5. The van der Waals surface area contributed by atoms with Crippen molar-refractivity contribution < 1.29 is 4.92 Å². The van der Waals surface area contributed by atoms with Crippen molar-refractivity contribution >= 4 is 21.6 Å². The number of hydrogen-bond donors (Lipinski definition) is 0. The molecule has 0 radical (unpaired) electrons. The number of pyridine rings is 1. The molecule has 17 heavy (non-hydrogen) atoms. The molecule has 0 unspecified atom stereocenters. The van der Waals surface area contributed by atoms with Crippen LogP contribution in [0.2, 0.25) is 0 Å². The summed E-state index contributed by atoms with van der Waals surface area (Å²) >= 11 is 3.16. The van der Waals surface area contributed by atoms with Crippen molar-refractivity contribution in [1.29, 1.82) is 0 Å². The lowest BCUT2D eigenvalue weighted by Gasteiger charge is -2.04. The highest BCUT2D eigenvalue weighted by molar-refractivity contribution is 9.10. The summed E-state index contributed by atoms with van der Waals surface area (Å²) in [5.41, 5.74) is -0.970. The van der Waals surface area contributed by atoms with Crippen molar-refractivity contribution in [2.24, 2.45) is 0 Å². The van der Waals surface area contributed by atoms with Gasteiger partial charge in [0.1, 0.15) is 0 Å². The van der Waals surface area contributed by atoms with E-state index in [1.54, 1.807) is 6.20 Å². The van der Waals surface area contributed by atoms with E-state index in [4.69, 9.17) is 0 Å². The Balaban J connectivity index is 2.96. The van der Waals surface area contributed by atoms with Gasteiger partial charge in [0.25, 0.3) is 0 Å². The fourth-order valence-electron chi connectivity index (χ4n) is 1.38. The van der Waals surface area contributed by atoms with Gasteiger partial charge in [0.15, 0.2) is 0 Å². The maximum absolute atomic E-state index is 11.7. The molecule has 0 bridgehead atoms. The Morgan fingerprint density at radius 3 is 2.82 bits per heavy atom. The van der Waals surface area contributed by atoms with Crippen LogP contribution < -0.4 is 5.56 Å². The van der Waals surface area contributed by atoms with Crippen LogP contribution in [0.1, 0.15) is 19.8 Å². The lowest BCUT2D eigenvalue weighted by atomic mass is 10.3. The number of halogens is 1. The minimum absolute atomic E-state index is 0.404. The highest BCUT2D eigenvalue weighted by Crippen LogP contribution is 2.13. The second-order valence-electron chi connectivity index (χ2n) is 3.47. The summed E-state index contributed by atoms with van der Waals surface area (Å²) in [6.07, 6.45) is 7.14. The molecule has 0 atom stereocenters. The van der Waals surface area contributed by atoms with Gasteiger partial charge >= 0.3 is 11.2 Å². The summed E-state index contributed by atoms with van der Waals surface area (Å²) in [5, 5.41) is 10.7. The maximum atomic E-state index is 11.7. The smallest absolute Gasteiger partial charge is 0.308 e. The van der Waals surface area contributed by atoms with E-state index in [1.807, 2.05) is 19.1 Å². The van der Waals surface area contributed by atoms with Gasteiger partial charge in [0.05, 0.1) is 4.92 Å². The van der Waals surface area contributed by atoms with E-state index >= 15 is 0 Å². The molecule has 1 aromatic heterocycles. The standard InChI is InChI=1S/C11H13BrN2O3/c1-2-3-4-5-6-13-8-9(12)7-10(11(13)15)14(16)17/h3-4,7-8H,2,5-6H2,1H3. The second-order valence-corrected chi connectivity index (χ2v) is 4.38. The van der Waals surface area contributed by atoms with Gasteiger partial charge in [0.2, 0.25) is 0 Å². The third-order valence-corrected chi connectivity index (χ3v) is 2.60. The number of aromatic nitrogens is 1. The average Bonchev–Trinajstić information content (AvgIpc) is 2.28. The van der Waals surface area contributed by atoms with Crippen LogP contribution in [0.5, 0.6) is 0 Å². The summed E-state index contributed by atoms with van der Waals surface area (Å²) in [7, 11) is 0. The molecule has 1 aromatic rings. The summed E-state index contributed by atoms with van der Waals surface area (Å²) in [5.74, 6) is 0. The van der Waals surface area contributed by atoms with Crippen molar-refractivity contribution in [1.82, 2.24) is 4.57 Å². The highest BCUT2D eigenvalue weighted by atomic mass is 79.9. The molecular weight excluding hydrogens is 288 g/mol. The molecule has 0 saturated heterocycles. The van der Waals surface area contributed by atoms with Crippen LogP contribution in [-0.4, -0.2) is 9.49 Å². The zero-order chi connectivity index (χ0) is 12.8.